The van der Waals surface area contributed by atoms with Gasteiger partial charge in [0.05, 0.1) is 0 Å². The molecule has 0 unspecified atom stereocenters. The molecule has 3 heteroatoms. The molecular weight excluding hydrogens is 168 g/mol. The highest BCUT2D eigenvalue weighted by Gasteiger charge is 2.07. The van der Waals surface area contributed by atoms with Gasteiger partial charge < -0.3 is 10.2 Å². The largest absolute Gasteiger partial charge is 0.508 e. The molecule has 0 heterocycles. The maximum atomic E-state index is 10.8. The molecule has 0 aliphatic rings. The maximum absolute atomic E-state index is 10.8. The van der Waals surface area contributed by atoms with Crippen molar-refractivity contribution in [2.45, 2.75) is 20.3 Å². The summed E-state index contributed by atoms with van der Waals surface area (Å²) in [5, 5.41) is 18.6. The van der Waals surface area contributed by atoms with E-state index >= 15 is 0 Å². The van der Waals surface area contributed by atoms with Gasteiger partial charge in [-0.05, 0) is 25.5 Å². The predicted molar refractivity (Wildman–Crippen MR) is 48.9 cm³/mol. The Bertz CT molecular complexity index is 342. The van der Waals surface area contributed by atoms with Crippen LogP contribution in [0, 0.1) is 6.92 Å². The number of carbonyl (C=O) groups excluding carboxylic acids is 1. The van der Waals surface area contributed by atoms with Gasteiger partial charge in [-0.1, -0.05) is 0 Å². The molecule has 1 rings (SSSR count). The number of rotatable bonds is 2. The quantitative estimate of drug-likeness (QED) is 0.725. The fourth-order valence-electron chi connectivity index (χ4n) is 1.16. The van der Waals surface area contributed by atoms with Crippen molar-refractivity contribution in [1.29, 1.82) is 0 Å². The lowest BCUT2D eigenvalue weighted by Gasteiger charge is -2.05. The molecule has 0 saturated heterocycles. The summed E-state index contributed by atoms with van der Waals surface area (Å²) in [6, 6.07) is 2.87. The number of phenolic OH excluding ortho intramolecular Hbond substituents is 2. The van der Waals surface area contributed by atoms with Crippen molar-refractivity contribution in [2.24, 2.45) is 0 Å². The first-order valence-electron chi connectivity index (χ1n) is 4.01. The third-order valence-electron chi connectivity index (χ3n) is 1.84. The molecule has 13 heavy (non-hydrogen) atoms. The van der Waals surface area contributed by atoms with E-state index in [0.717, 1.165) is 0 Å². The topological polar surface area (TPSA) is 57.5 Å². The van der Waals surface area contributed by atoms with Crippen LogP contribution in [0.4, 0.5) is 0 Å². The van der Waals surface area contributed by atoms with E-state index in [-0.39, 0.29) is 23.7 Å². The van der Waals surface area contributed by atoms with E-state index < -0.39 is 0 Å². The Labute approximate surface area is 76.6 Å². The van der Waals surface area contributed by atoms with Gasteiger partial charge in [-0.2, -0.15) is 0 Å². The number of benzene rings is 1. The Balaban J connectivity index is 3.08. The number of hydrogen-bond donors (Lipinski definition) is 2. The average molecular weight is 180 g/mol. The van der Waals surface area contributed by atoms with E-state index in [1.165, 1.54) is 13.0 Å². The number of aryl methyl sites for hydroxylation is 1. The van der Waals surface area contributed by atoms with Crippen molar-refractivity contribution in [2.75, 3.05) is 0 Å². The van der Waals surface area contributed by atoms with Crippen LogP contribution < -0.4 is 0 Å². The number of carbonyl (C=O) groups is 1. The third-order valence-corrected chi connectivity index (χ3v) is 1.84. The zero-order valence-corrected chi connectivity index (χ0v) is 7.66. The van der Waals surface area contributed by atoms with E-state index in [0.29, 0.717) is 11.1 Å². The predicted octanol–water partition coefficient (Wildman–Crippen LogP) is 1.54. The molecule has 0 spiro atoms. The second kappa shape index (κ2) is 3.47. The zero-order chi connectivity index (χ0) is 10.0. The molecule has 0 aromatic heterocycles. The SMILES string of the molecule is CC(=O)Cc1cc(C)c(O)cc1O. The van der Waals surface area contributed by atoms with E-state index in [4.69, 9.17) is 0 Å². The minimum atomic E-state index is -0.0294. The number of aromatic hydroxyl groups is 2. The van der Waals surface area contributed by atoms with Crippen LogP contribution in [0.15, 0.2) is 12.1 Å². The third kappa shape index (κ3) is 2.21. The van der Waals surface area contributed by atoms with Gasteiger partial charge in [0.25, 0.3) is 0 Å². The average Bonchev–Trinajstić information content (AvgIpc) is 1.99. The minimum Gasteiger partial charge on any atom is -0.508 e. The van der Waals surface area contributed by atoms with Crippen molar-refractivity contribution in [3.63, 3.8) is 0 Å². The lowest BCUT2D eigenvalue weighted by atomic mass is 10.0. The van der Waals surface area contributed by atoms with E-state index in [2.05, 4.69) is 0 Å². The van der Waals surface area contributed by atoms with Gasteiger partial charge in [-0.15, -0.1) is 0 Å². The summed E-state index contributed by atoms with van der Waals surface area (Å²) >= 11 is 0. The molecule has 0 radical (unpaired) electrons. The highest BCUT2D eigenvalue weighted by Crippen LogP contribution is 2.26. The molecule has 3 nitrogen and oxygen atoms in total. The zero-order valence-electron chi connectivity index (χ0n) is 7.66. The summed E-state index contributed by atoms with van der Waals surface area (Å²) in [7, 11) is 0. The molecule has 2 N–H and O–H groups in total. The fraction of sp³-hybridized carbons (Fsp3) is 0.300. The van der Waals surface area contributed by atoms with Gasteiger partial charge in [-0.3, -0.25) is 4.79 Å². The molecule has 0 bridgehead atoms. The van der Waals surface area contributed by atoms with Gasteiger partial charge in [0.2, 0.25) is 0 Å². The van der Waals surface area contributed by atoms with E-state index in [9.17, 15) is 15.0 Å². The van der Waals surface area contributed by atoms with Crippen molar-refractivity contribution >= 4 is 5.78 Å². The molecule has 0 atom stereocenters. The van der Waals surface area contributed by atoms with Crippen LogP contribution in [-0.4, -0.2) is 16.0 Å². The van der Waals surface area contributed by atoms with Crippen LogP contribution >= 0.6 is 0 Å². The molecule has 0 aliphatic heterocycles. The van der Waals surface area contributed by atoms with Crippen molar-refractivity contribution in [1.82, 2.24) is 0 Å². The fourth-order valence-corrected chi connectivity index (χ4v) is 1.16. The van der Waals surface area contributed by atoms with Crippen LogP contribution in [0.5, 0.6) is 11.5 Å². The highest BCUT2D eigenvalue weighted by molar-refractivity contribution is 5.79. The molecular formula is C10H12O3. The van der Waals surface area contributed by atoms with Gasteiger partial charge >= 0.3 is 0 Å². The Morgan fingerprint density at radius 3 is 2.46 bits per heavy atom. The maximum Gasteiger partial charge on any atom is 0.134 e. The standard InChI is InChI=1S/C10H12O3/c1-6-3-8(4-7(2)11)10(13)5-9(6)12/h3,5,12-13H,4H2,1-2H3. The summed E-state index contributed by atoms with van der Waals surface area (Å²) in [6.45, 7) is 3.18. The number of phenols is 2. The lowest BCUT2D eigenvalue weighted by Crippen LogP contribution is -1.97. The Morgan fingerprint density at radius 1 is 1.31 bits per heavy atom. The first-order chi connectivity index (χ1) is 6.00. The smallest absolute Gasteiger partial charge is 0.134 e. The molecule has 0 aliphatic carbocycles. The molecule has 70 valence electrons. The number of hydrogen-bond acceptors (Lipinski definition) is 3. The Kier molecular flexibility index (Phi) is 2.56. The summed E-state index contributed by atoms with van der Waals surface area (Å²) in [4.78, 5) is 10.8. The van der Waals surface area contributed by atoms with Crippen molar-refractivity contribution in [3.8, 4) is 11.5 Å². The van der Waals surface area contributed by atoms with E-state index in [1.54, 1.807) is 13.0 Å². The van der Waals surface area contributed by atoms with E-state index in [1.807, 2.05) is 0 Å². The Morgan fingerprint density at radius 2 is 1.92 bits per heavy atom. The monoisotopic (exact) mass is 180 g/mol. The second-order valence-electron chi connectivity index (χ2n) is 3.15. The molecule has 1 aromatic rings. The van der Waals surface area contributed by atoms with Gasteiger partial charge in [-0.25, -0.2) is 0 Å². The minimum absolute atomic E-state index is 0.0135. The first kappa shape index (κ1) is 9.58. The molecule has 0 amide bonds. The van der Waals surface area contributed by atoms with Crippen molar-refractivity contribution in [3.05, 3.63) is 23.3 Å². The summed E-state index contributed by atoms with van der Waals surface area (Å²) in [6.07, 6.45) is 0.201. The van der Waals surface area contributed by atoms with Gasteiger partial charge in [0.15, 0.2) is 0 Å². The van der Waals surface area contributed by atoms with Crippen LogP contribution in [0.25, 0.3) is 0 Å². The summed E-state index contributed by atoms with van der Waals surface area (Å²) in [5.41, 5.74) is 1.22. The van der Waals surface area contributed by atoms with Crippen LogP contribution in [0.3, 0.4) is 0 Å². The summed E-state index contributed by atoms with van der Waals surface area (Å²) < 4.78 is 0. The molecule has 0 saturated carbocycles. The summed E-state index contributed by atoms with van der Waals surface area (Å²) in [5.74, 6) is 0.00323. The van der Waals surface area contributed by atoms with Gasteiger partial charge in [0.1, 0.15) is 17.3 Å². The lowest BCUT2D eigenvalue weighted by molar-refractivity contribution is -0.116. The number of ketones is 1. The van der Waals surface area contributed by atoms with Gasteiger partial charge in [0, 0.05) is 18.1 Å². The second-order valence-corrected chi connectivity index (χ2v) is 3.15. The number of Topliss-reactive ketones (excluding diaryl/α,β-unsaturated/α-hetero) is 1. The van der Waals surface area contributed by atoms with Crippen LogP contribution in [0.2, 0.25) is 0 Å². The highest BCUT2D eigenvalue weighted by atomic mass is 16.3. The van der Waals surface area contributed by atoms with Crippen LogP contribution in [0.1, 0.15) is 18.1 Å². The molecule has 1 aromatic carbocycles. The normalized spacial score (nSPS) is 10.0. The van der Waals surface area contributed by atoms with Crippen LogP contribution in [-0.2, 0) is 11.2 Å². The van der Waals surface area contributed by atoms with Crippen molar-refractivity contribution < 1.29 is 15.0 Å². The molecule has 0 fully saturated rings. The Hall–Kier alpha value is -1.51. The first-order valence-corrected chi connectivity index (χ1v) is 4.01.